The Morgan fingerprint density at radius 1 is 1.05 bits per heavy atom. The molecule has 0 atom stereocenters. The summed E-state index contributed by atoms with van der Waals surface area (Å²) in [5.74, 6) is -0.624. The first kappa shape index (κ1) is 29.2. The van der Waals surface area contributed by atoms with Crippen molar-refractivity contribution in [3.05, 3.63) is 58.6 Å². The topological polar surface area (TPSA) is 99.1 Å². The minimum Gasteiger partial charge on any atom is -0.491 e. The molecule has 0 saturated carbocycles. The van der Waals surface area contributed by atoms with Crippen LogP contribution in [0.2, 0.25) is 0 Å². The van der Waals surface area contributed by atoms with Gasteiger partial charge in [-0.2, -0.15) is 0 Å². The van der Waals surface area contributed by atoms with Crippen LogP contribution in [-0.2, 0) is 20.9 Å². The van der Waals surface area contributed by atoms with Gasteiger partial charge in [0.1, 0.15) is 23.9 Å². The smallest absolute Gasteiger partial charge is 0.311 e. The van der Waals surface area contributed by atoms with Gasteiger partial charge in [0, 0.05) is 44.4 Å². The molecule has 0 aliphatic carbocycles. The van der Waals surface area contributed by atoms with E-state index in [0.29, 0.717) is 62.8 Å². The SMILES string of the molecule is CCCOc1ccc(F)c2c(=O)c(-c3ccc(OC(=O)CCC)cc3)cn(CC(=O)NCCN3CCOCC3)c12. The molecule has 2 aromatic carbocycles. The number of pyridine rings is 1. The fourth-order valence-corrected chi connectivity index (χ4v) is 4.60. The van der Waals surface area contributed by atoms with Crippen LogP contribution in [-0.4, -0.2) is 67.3 Å². The Labute approximate surface area is 232 Å². The average Bonchev–Trinajstić information content (AvgIpc) is 2.95. The Hall–Kier alpha value is -3.76. The molecule has 1 fully saturated rings. The number of nitrogens with one attached hydrogen (secondary N) is 1. The molecule has 3 aromatic rings. The van der Waals surface area contributed by atoms with Crippen LogP contribution in [0.5, 0.6) is 11.5 Å². The molecule has 1 N–H and O–H groups in total. The lowest BCUT2D eigenvalue weighted by Gasteiger charge is -2.26. The summed E-state index contributed by atoms with van der Waals surface area (Å²) in [4.78, 5) is 40.7. The van der Waals surface area contributed by atoms with Gasteiger partial charge >= 0.3 is 5.97 Å². The second kappa shape index (κ2) is 14.0. The predicted octanol–water partition coefficient (Wildman–Crippen LogP) is 3.75. The van der Waals surface area contributed by atoms with E-state index in [1.54, 1.807) is 35.0 Å². The Balaban J connectivity index is 1.66. The first-order chi connectivity index (χ1) is 19.4. The van der Waals surface area contributed by atoms with Crippen LogP contribution in [0.1, 0.15) is 33.1 Å². The third-order valence-electron chi connectivity index (χ3n) is 6.61. The highest BCUT2D eigenvalue weighted by Crippen LogP contribution is 2.30. The molecule has 40 heavy (non-hydrogen) atoms. The molecule has 2 heterocycles. The monoisotopic (exact) mass is 553 g/mol. The number of carbonyl (C=O) groups is 2. The minimum absolute atomic E-state index is 0.133. The van der Waals surface area contributed by atoms with Gasteiger partial charge in [0.2, 0.25) is 5.91 Å². The third-order valence-corrected chi connectivity index (χ3v) is 6.61. The van der Waals surface area contributed by atoms with Crippen LogP contribution in [0, 0.1) is 5.82 Å². The van der Waals surface area contributed by atoms with Gasteiger partial charge in [-0.3, -0.25) is 19.3 Å². The number of benzene rings is 2. The van der Waals surface area contributed by atoms with Gasteiger partial charge in [0.05, 0.1) is 30.7 Å². The van der Waals surface area contributed by atoms with Crippen LogP contribution in [0.3, 0.4) is 0 Å². The minimum atomic E-state index is -0.697. The van der Waals surface area contributed by atoms with E-state index in [4.69, 9.17) is 14.2 Å². The maximum atomic E-state index is 15.2. The maximum Gasteiger partial charge on any atom is 0.311 e. The Morgan fingerprint density at radius 3 is 2.50 bits per heavy atom. The fourth-order valence-electron chi connectivity index (χ4n) is 4.60. The van der Waals surface area contributed by atoms with Crippen LogP contribution in [0.4, 0.5) is 4.39 Å². The van der Waals surface area contributed by atoms with Gasteiger partial charge in [0.25, 0.3) is 0 Å². The highest BCUT2D eigenvalue weighted by Gasteiger charge is 2.20. The summed E-state index contributed by atoms with van der Waals surface area (Å²) in [7, 11) is 0. The molecular formula is C30H36FN3O6. The quantitative estimate of drug-likeness (QED) is 0.269. The molecule has 0 radical (unpaired) electrons. The molecule has 0 bridgehead atoms. The number of rotatable bonds is 12. The van der Waals surface area contributed by atoms with E-state index < -0.39 is 11.2 Å². The van der Waals surface area contributed by atoms with Crippen molar-refractivity contribution in [2.75, 3.05) is 46.0 Å². The Morgan fingerprint density at radius 2 is 1.80 bits per heavy atom. The number of halogens is 1. The first-order valence-electron chi connectivity index (χ1n) is 13.8. The van der Waals surface area contributed by atoms with Crippen molar-refractivity contribution in [1.82, 2.24) is 14.8 Å². The molecule has 9 nitrogen and oxygen atoms in total. The summed E-state index contributed by atoms with van der Waals surface area (Å²) in [5.41, 5.74) is 0.430. The number of hydrogen-bond donors (Lipinski definition) is 1. The standard InChI is InChI=1S/C30H36FN3O6/c1-3-5-27(36)40-22-8-6-21(7-9-22)23-19-34(20-26(35)32-12-13-33-14-17-38-18-15-33)29-25(39-16-4-2)11-10-24(31)28(29)30(23)37/h6-11,19H,3-5,12-18,20H2,1-2H3,(H,32,35). The van der Waals surface area contributed by atoms with E-state index in [1.807, 2.05) is 13.8 Å². The normalized spacial score (nSPS) is 13.8. The van der Waals surface area contributed by atoms with Gasteiger partial charge in [-0.15, -0.1) is 0 Å². The summed E-state index contributed by atoms with van der Waals surface area (Å²) in [6.45, 7) is 8.21. The fraction of sp³-hybridized carbons (Fsp3) is 0.433. The van der Waals surface area contributed by atoms with E-state index in [2.05, 4.69) is 10.2 Å². The molecule has 1 saturated heterocycles. The van der Waals surface area contributed by atoms with E-state index in [9.17, 15) is 14.4 Å². The average molecular weight is 554 g/mol. The second-order valence-corrected chi connectivity index (χ2v) is 9.67. The van der Waals surface area contributed by atoms with Crippen LogP contribution in [0.25, 0.3) is 22.0 Å². The van der Waals surface area contributed by atoms with Crippen molar-refractivity contribution in [3.63, 3.8) is 0 Å². The van der Waals surface area contributed by atoms with Gasteiger partial charge in [0.15, 0.2) is 5.43 Å². The number of amides is 1. The van der Waals surface area contributed by atoms with E-state index in [-0.39, 0.29) is 34.9 Å². The lowest BCUT2D eigenvalue weighted by Crippen LogP contribution is -2.41. The van der Waals surface area contributed by atoms with E-state index >= 15 is 4.39 Å². The molecule has 10 heteroatoms. The van der Waals surface area contributed by atoms with Crippen molar-refractivity contribution in [2.45, 2.75) is 39.7 Å². The third kappa shape index (κ3) is 7.25. The van der Waals surface area contributed by atoms with Crippen molar-refractivity contribution in [3.8, 4) is 22.6 Å². The van der Waals surface area contributed by atoms with Gasteiger partial charge in [-0.05, 0) is 42.7 Å². The van der Waals surface area contributed by atoms with Crippen molar-refractivity contribution in [2.24, 2.45) is 0 Å². The van der Waals surface area contributed by atoms with Crippen molar-refractivity contribution >= 4 is 22.8 Å². The molecular weight excluding hydrogens is 517 g/mol. The number of ether oxygens (including phenoxy) is 3. The van der Waals surface area contributed by atoms with Crippen LogP contribution in [0.15, 0.2) is 47.4 Å². The summed E-state index contributed by atoms with van der Waals surface area (Å²) in [6.07, 6.45) is 3.25. The van der Waals surface area contributed by atoms with E-state index in [0.717, 1.165) is 19.5 Å². The molecule has 0 spiro atoms. The second-order valence-electron chi connectivity index (χ2n) is 9.67. The summed E-state index contributed by atoms with van der Waals surface area (Å²) >= 11 is 0. The zero-order chi connectivity index (χ0) is 28.5. The number of aromatic nitrogens is 1. The summed E-state index contributed by atoms with van der Waals surface area (Å²) in [6, 6.07) is 9.15. The molecule has 214 valence electrons. The summed E-state index contributed by atoms with van der Waals surface area (Å²) in [5, 5.41) is 2.78. The van der Waals surface area contributed by atoms with E-state index in [1.165, 1.54) is 12.1 Å². The van der Waals surface area contributed by atoms with Gasteiger partial charge < -0.3 is 24.1 Å². The van der Waals surface area contributed by atoms with Crippen LogP contribution < -0.4 is 20.2 Å². The van der Waals surface area contributed by atoms with Crippen molar-refractivity contribution in [1.29, 1.82) is 0 Å². The molecule has 4 rings (SSSR count). The first-order valence-corrected chi connectivity index (χ1v) is 13.8. The lowest BCUT2D eigenvalue weighted by atomic mass is 10.0. The Bertz CT molecular complexity index is 1380. The number of fused-ring (bicyclic) bond motifs is 1. The zero-order valence-electron chi connectivity index (χ0n) is 23.0. The van der Waals surface area contributed by atoms with Crippen molar-refractivity contribution < 1.29 is 28.2 Å². The predicted molar refractivity (Wildman–Crippen MR) is 150 cm³/mol. The molecule has 1 aliphatic rings. The summed E-state index contributed by atoms with van der Waals surface area (Å²) < 4.78 is 33.3. The largest absolute Gasteiger partial charge is 0.491 e. The highest BCUT2D eigenvalue weighted by molar-refractivity contribution is 5.90. The molecule has 1 amide bonds. The number of esters is 1. The zero-order valence-corrected chi connectivity index (χ0v) is 23.0. The highest BCUT2D eigenvalue weighted by atomic mass is 19.1. The number of nitrogens with zero attached hydrogens (tertiary/aromatic N) is 2. The molecule has 1 aliphatic heterocycles. The maximum absolute atomic E-state index is 15.2. The van der Waals surface area contributed by atoms with Gasteiger partial charge in [-0.25, -0.2) is 4.39 Å². The van der Waals surface area contributed by atoms with Crippen LogP contribution >= 0.6 is 0 Å². The Kier molecular flexibility index (Phi) is 10.3. The molecule has 1 aromatic heterocycles. The number of morpholine rings is 1. The van der Waals surface area contributed by atoms with Gasteiger partial charge in [-0.1, -0.05) is 26.0 Å². The molecule has 0 unspecified atom stereocenters. The lowest BCUT2D eigenvalue weighted by molar-refractivity contribution is -0.134. The number of carbonyl (C=O) groups excluding carboxylic acids is 2. The number of hydrogen-bond acceptors (Lipinski definition) is 7.